The predicted molar refractivity (Wildman–Crippen MR) is 70.2 cm³/mol. The summed E-state index contributed by atoms with van der Waals surface area (Å²) in [5.41, 5.74) is 2.22. The minimum Gasteiger partial charge on any atom is -0.336 e. The summed E-state index contributed by atoms with van der Waals surface area (Å²) in [7, 11) is 2.01. The van der Waals surface area contributed by atoms with Crippen LogP contribution in [0.4, 0.5) is 0 Å². The van der Waals surface area contributed by atoms with E-state index in [2.05, 4.69) is 34.5 Å². The average molecular weight is 250 g/mol. The van der Waals surface area contributed by atoms with Crippen molar-refractivity contribution in [2.24, 2.45) is 7.05 Å². The van der Waals surface area contributed by atoms with Gasteiger partial charge < -0.3 is 9.88 Å². The van der Waals surface area contributed by atoms with Crippen LogP contribution >= 0.6 is 11.3 Å². The number of hydrogen-bond donors (Lipinski definition) is 1. The van der Waals surface area contributed by atoms with Gasteiger partial charge in [-0.25, -0.2) is 9.97 Å². The lowest BCUT2D eigenvalue weighted by Crippen LogP contribution is -2.30. The van der Waals surface area contributed by atoms with Crippen molar-refractivity contribution < 1.29 is 0 Å². The van der Waals surface area contributed by atoms with E-state index in [0.717, 1.165) is 16.4 Å². The lowest BCUT2D eigenvalue weighted by Gasteiger charge is -2.19. The summed E-state index contributed by atoms with van der Waals surface area (Å²) < 4.78 is 2.04. The number of hydrogen-bond acceptors (Lipinski definition) is 4. The molecule has 0 aliphatic carbocycles. The molecule has 1 N–H and O–H groups in total. The summed E-state index contributed by atoms with van der Waals surface area (Å²) in [6.07, 6.45) is 3.72. The molecule has 0 amide bonds. The molecule has 0 aliphatic rings. The Balaban J connectivity index is 2.35. The fraction of sp³-hybridized carbons (Fsp3) is 0.500. The smallest absolute Gasteiger partial charge is 0.116 e. The summed E-state index contributed by atoms with van der Waals surface area (Å²) in [6.45, 7) is 6.31. The molecule has 5 heteroatoms. The van der Waals surface area contributed by atoms with Gasteiger partial charge in [-0.15, -0.1) is 11.3 Å². The molecule has 0 bridgehead atoms. The van der Waals surface area contributed by atoms with Gasteiger partial charge in [0.1, 0.15) is 11.0 Å². The van der Waals surface area contributed by atoms with Gasteiger partial charge in [-0.2, -0.15) is 0 Å². The molecule has 0 aromatic carbocycles. The van der Waals surface area contributed by atoms with Gasteiger partial charge in [0.05, 0.1) is 18.2 Å². The number of nitrogens with one attached hydrogen (secondary N) is 1. The van der Waals surface area contributed by atoms with Gasteiger partial charge in [0.25, 0.3) is 0 Å². The third kappa shape index (κ3) is 2.73. The highest BCUT2D eigenvalue weighted by Gasteiger charge is 2.20. The van der Waals surface area contributed by atoms with Crippen LogP contribution in [0.15, 0.2) is 17.9 Å². The second-order valence-electron chi connectivity index (χ2n) is 4.51. The first-order valence-electron chi connectivity index (χ1n) is 5.72. The Hall–Kier alpha value is -1.20. The molecule has 0 radical (unpaired) electrons. The third-order valence-corrected chi connectivity index (χ3v) is 3.56. The maximum absolute atomic E-state index is 4.58. The molecule has 2 rings (SSSR count). The molecule has 0 saturated carbocycles. The number of nitrogens with zero attached hydrogens (tertiary/aromatic N) is 3. The molecule has 0 saturated heterocycles. The molecule has 2 aromatic heterocycles. The number of aromatic nitrogens is 3. The summed E-state index contributed by atoms with van der Waals surface area (Å²) in [6, 6.07) is 0.528. The fourth-order valence-electron chi connectivity index (χ4n) is 1.77. The number of aryl methyl sites for hydroxylation is 2. The van der Waals surface area contributed by atoms with Gasteiger partial charge in [0, 0.05) is 24.2 Å². The van der Waals surface area contributed by atoms with E-state index in [0.29, 0.717) is 6.04 Å². The van der Waals surface area contributed by atoms with E-state index in [9.17, 15) is 0 Å². The molecule has 1 unspecified atom stereocenters. The molecule has 0 fully saturated rings. The van der Waals surface area contributed by atoms with Crippen LogP contribution in [-0.4, -0.2) is 20.6 Å². The second-order valence-corrected chi connectivity index (χ2v) is 5.40. The number of rotatable bonds is 4. The van der Waals surface area contributed by atoms with Crippen molar-refractivity contribution in [2.45, 2.75) is 32.9 Å². The van der Waals surface area contributed by atoms with Gasteiger partial charge in [0.15, 0.2) is 0 Å². The molecule has 0 aliphatic heterocycles. The van der Waals surface area contributed by atoms with Crippen LogP contribution in [0, 0.1) is 6.92 Å². The minimum atomic E-state index is 0.126. The molecule has 17 heavy (non-hydrogen) atoms. The topological polar surface area (TPSA) is 42.7 Å². The monoisotopic (exact) mass is 250 g/mol. The SMILES string of the molecule is Cc1csc(C(NC(C)C)c2cncn2C)n1. The Morgan fingerprint density at radius 1 is 1.41 bits per heavy atom. The van der Waals surface area contributed by atoms with Gasteiger partial charge >= 0.3 is 0 Å². The number of thiazole rings is 1. The molecule has 0 spiro atoms. The Bertz CT molecular complexity index is 486. The third-order valence-electron chi connectivity index (χ3n) is 2.53. The van der Waals surface area contributed by atoms with Crippen LogP contribution < -0.4 is 5.32 Å². The summed E-state index contributed by atoms with van der Waals surface area (Å²) in [5.74, 6) is 0. The van der Waals surface area contributed by atoms with Crippen molar-refractivity contribution in [3.63, 3.8) is 0 Å². The quantitative estimate of drug-likeness (QED) is 0.905. The zero-order valence-electron chi connectivity index (χ0n) is 10.6. The zero-order chi connectivity index (χ0) is 12.4. The van der Waals surface area contributed by atoms with Crippen LogP contribution in [0.25, 0.3) is 0 Å². The standard InChI is InChI=1S/C12H18N4S/c1-8(2)14-11(10-5-13-7-16(10)4)12-15-9(3)6-17-12/h5-8,11,14H,1-4H3. The lowest BCUT2D eigenvalue weighted by molar-refractivity contribution is 0.507. The predicted octanol–water partition coefficient (Wildman–Crippen LogP) is 2.27. The summed E-state index contributed by atoms with van der Waals surface area (Å²) in [5, 5.41) is 6.72. The first-order chi connectivity index (χ1) is 8.08. The van der Waals surface area contributed by atoms with E-state index in [4.69, 9.17) is 0 Å². The Morgan fingerprint density at radius 3 is 2.65 bits per heavy atom. The molecule has 1 atom stereocenters. The maximum Gasteiger partial charge on any atom is 0.116 e. The first kappa shape index (κ1) is 12.3. The molecule has 2 aromatic rings. The second kappa shape index (κ2) is 4.98. The van der Waals surface area contributed by atoms with E-state index in [1.807, 2.05) is 31.1 Å². The van der Waals surface area contributed by atoms with Crippen LogP contribution in [-0.2, 0) is 7.05 Å². The van der Waals surface area contributed by atoms with Crippen LogP contribution in [0.5, 0.6) is 0 Å². The largest absolute Gasteiger partial charge is 0.336 e. The molecule has 92 valence electrons. The van der Waals surface area contributed by atoms with Crippen LogP contribution in [0.3, 0.4) is 0 Å². The van der Waals surface area contributed by atoms with Crippen molar-refractivity contribution in [3.05, 3.63) is 34.3 Å². The Kier molecular flexibility index (Phi) is 3.59. The van der Waals surface area contributed by atoms with E-state index >= 15 is 0 Å². The van der Waals surface area contributed by atoms with Crippen molar-refractivity contribution in [3.8, 4) is 0 Å². The van der Waals surface area contributed by atoms with Crippen molar-refractivity contribution in [2.75, 3.05) is 0 Å². The summed E-state index contributed by atoms with van der Waals surface area (Å²) in [4.78, 5) is 8.76. The fourth-order valence-corrected chi connectivity index (χ4v) is 2.63. The Labute approximate surface area is 106 Å². The van der Waals surface area contributed by atoms with Crippen molar-refractivity contribution in [1.82, 2.24) is 19.9 Å². The minimum absolute atomic E-state index is 0.126. The zero-order valence-corrected chi connectivity index (χ0v) is 11.5. The van der Waals surface area contributed by atoms with E-state index < -0.39 is 0 Å². The highest BCUT2D eigenvalue weighted by molar-refractivity contribution is 7.09. The molecular weight excluding hydrogens is 232 g/mol. The van der Waals surface area contributed by atoms with Crippen LogP contribution in [0.1, 0.15) is 36.3 Å². The molecular formula is C12H18N4S. The average Bonchev–Trinajstić information content (AvgIpc) is 2.84. The maximum atomic E-state index is 4.58. The highest BCUT2D eigenvalue weighted by atomic mass is 32.1. The van der Waals surface area contributed by atoms with Gasteiger partial charge in [-0.3, -0.25) is 0 Å². The van der Waals surface area contributed by atoms with E-state index in [-0.39, 0.29) is 6.04 Å². The normalized spacial score (nSPS) is 13.2. The van der Waals surface area contributed by atoms with Gasteiger partial charge in [0.2, 0.25) is 0 Å². The van der Waals surface area contributed by atoms with E-state index in [1.54, 1.807) is 11.3 Å². The van der Waals surface area contributed by atoms with E-state index in [1.165, 1.54) is 0 Å². The van der Waals surface area contributed by atoms with Crippen molar-refractivity contribution in [1.29, 1.82) is 0 Å². The summed E-state index contributed by atoms with van der Waals surface area (Å²) >= 11 is 1.69. The van der Waals surface area contributed by atoms with Gasteiger partial charge in [-0.05, 0) is 20.8 Å². The van der Waals surface area contributed by atoms with Gasteiger partial charge in [-0.1, -0.05) is 0 Å². The van der Waals surface area contributed by atoms with Crippen molar-refractivity contribution >= 4 is 11.3 Å². The lowest BCUT2D eigenvalue weighted by atomic mass is 10.2. The molecule has 4 nitrogen and oxygen atoms in total. The Morgan fingerprint density at radius 2 is 2.18 bits per heavy atom. The molecule has 2 heterocycles. The highest BCUT2D eigenvalue weighted by Crippen LogP contribution is 2.25. The first-order valence-corrected chi connectivity index (χ1v) is 6.60. The van der Waals surface area contributed by atoms with Crippen LogP contribution in [0.2, 0.25) is 0 Å². The number of imidazole rings is 1.